The van der Waals surface area contributed by atoms with E-state index in [2.05, 4.69) is 15.6 Å². The van der Waals surface area contributed by atoms with Gasteiger partial charge in [0.25, 0.3) is 0 Å². The van der Waals surface area contributed by atoms with E-state index in [1.807, 2.05) is 0 Å². The summed E-state index contributed by atoms with van der Waals surface area (Å²) in [5, 5.41) is 11.8. The van der Waals surface area contributed by atoms with E-state index in [-0.39, 0.29) is 34.8 Å². The third-order valence-corrected chi connectivity index (χ3v) is 8.09. The summed E-state index contributed by atoms with van der Waals surface area (Å²) in [4.78, 5) is 29.0. The minimum atomic E-state index is -4.08. The smallest absolute Gasteiger partial charge is 0.411 e. The average molecular weight is 539 g/mol. The first-order valence-electron chi connectivity index (χ1n) is 11.7. The average Bonchev–Trinajstić information content (AvgIpc) is 3.26. The fraction of sp³-hybridized carbons (Fsp3) is 0.522. The molecule has 0 bridgehead atoms. The molecule has 1 aromatic heterocycles. The van der Waals surface area contributed by atoms with Gasteiger partial charge in [0.2, 0.25) is 10.0 Å². The first-order chi connectivity index (χ1) is 17.1. The molecule has 0 unspecified atom stereocenters. The van der Waals surface area contributed by atoms with Crippen LogP contribution in [-0.2, 0) is 24.2 Å². The molecular formula is C23H30N4O7S2. The maximum absolute atomic E-state index is 12.3. The van der Waals surface area contributed by atoms with E-state index in [1.54, 1.807) is 32.2 Å². The topological polar surface area (TPSA) is 159 Å². The Morgan fingerprint density at radius 1 is 1.17 bits per heavy atom. The molecule has 0 spiro atoms. The van der Waals surface area contributed by atoms with Crippen LogP contribution >= 0.6 is 11.3 Å². The molecule has 2 heterocycles. The highest BCUT2D eigenvalue weighted by Gasteiger charge is 2.28. The van der Waals surface area contributed by atoms with Gasteiger partial charge in [0, 0.05) is 29.4 Å². The molecule has 1 saturated carbocycles. The van der Waals surface area contributed by atoms with Crippen molar-refractivity contribution in [3.05, 3.63) is 29.4 Å². The summed E-state index contributed by atoms with van der Waals surface area (Å²) in [6.45, 7) is 4.32. The second-order valence-corrected chi connectivity index (χ2v) is 11.7. The van der Waals surface area contributed by atoms with Gasteiger partial charge in [-0.3, -0.25) is 5.32 Å². The molecule has 13 heteroatoms. The van der Waals surface area contributed by atoms with Crippen LogP contribution in [-0.4, -0.2) is 57.1 Å². The van der Waals surface area contributed by atoms with Crippen molar-refractivity contribution >= 4 is 39.2 Å². The van der Waals surface area contributed by atoms with Gasteiger partial charge in [-0.05, 0) is 51.7 Å². The Kier molecular flexibility index (Phi) is 8.13. The van der Waals surface area contributed by atoms with Gasteiger partial charge >= 0.3 is 12.2 Å². The summed E-state index contributed by atoms with van der Waals surface area (Å²) in [6, 6.07) is 4.56. The summed E-state index contributed by atoms with van der Waals surface area (Å²) >= 11 is 1.42. The number of rotatable bonds is 7. The summed E-state index contributed by atoms with van der Waals surface area (Å²) in [5.74, 6) is 0.211. The third kappa shape index (κ3) is 6.72. The number of carbonyl (C=O) groups is 2. The van der Waals surface area contributed by atoms with Gasteiger partial charge in [0.1, 0.15) is 0 Å². The van der Waals surface area contributed by atoms with E-state index >= 15 is 0 Å². The minimum Gasteiger partial charge on any atom is -0.447 e. The van der Waals surface area contributed by atoms with E-state index in [4.69, 9.17) is 19.3 Å². The minimum absolute atomic E-state index is 0.0468. The number of aromatic nitrogens is 1. The molecule has 1 aromatic carbocycles. The maximum atomic E-state index is 12.3. The monoisotopic (exact) mass is 538 g/mol. The Labute approximate surface area is 213 Å². The number of nitrogens with two attached hydrogens (primary N) is 1. The SMILES string of the molecule is CC(C)OC(=O)Nc1ccc(-c2cnc(C3CCC(NC(=O)OC4COC4)CC3)s2)c(S(N)(=O)=O)c1. The number of anilines is 1. The van der Waals surface area contributed by atoms with Crippen molar-refractivity contribution in [1.82, 2.24) is 10.3 Å². The van der Waals surface area contributed by atoms with Gasteiger partial charge in [0.15, 0.2) is 6.10 Å². The number of alkyl carbamates (subject to hydrolysis) is 1. The number of thiazole rings is 1. The number of nitrogens with zero attached hydrogens (tertiary/aromatic N) is 1. The number of nitrogens with one attached hydrogen (secondary N) is 2. The predicted molar refractivity (Wildman–Crippen MR) is 133 cm³/mol. The van der Waals surface area contributed by atoms with Crippen molar-refractivity contribution in [2.75, 3.05) is 18.5 Å². The number of hydrogen-bond donors (Lipinski definition) is 3. The van der Waals surface area contributed by atoms with E-state index < -0.39 is 22.2 Å². The predicted octanol–water partition coefficient (Wildman–Crippen LogP) is 3.57. The second kappa shape index (κ2) is 11.1. The Morgan fingerprint density at radius 3 is 2.50 bits per heavy atom. The maximum Gasteiger partial charge on any atom is 0.411 e. The number of primary sulfonamides is 1. The Balaban J connectivity index is 1.41. The first-order valence-corrected chi connectivity index (χ1v) is 14.1. The molecule has 0 radical (unpaired) electrons. The molecule has 1 aliphatic carbocycles. The molecule has 1 saturated heterocycles. The van der Waals surface area contributed by atoms with Crippen molar-refractivity contribution < 1.29 is 32.2 Å². The van der Waals surface area contributed by atoms with Crippen molar-refractivity contribution in [2.45, 2.75) is 68.6 Å². The van der Waals surface area contributed by atoms with Crippen LogP contribution in [0.1, 0.15) is 50.5 Å². The summed E-state index contributed by atoms with van der Waals surface area (Å²) < 4.78 is 40.0. The van der Waals surface area contributed by atoms with Crippen LogP contribution in [0.3, 0.4) is 0 Å². The summed E-state index contributed by atoms with van der Waals surface area (Å²) in [5.41, 5.74) is 0.675. The van der Waals surface area contributed by atoms with Gasteiger partial charge in [-0.1, -0.05) is 6.07 Å². The van der Waals surface area contributed by atoms with E-state index in [9.17, 15) is 18.0 Å². The third-order valence-electron chi connectivity index (χ3n) is 5.95. The number of ether oxygens (including phenoxy) is 3. The zero-order valence-electron chi connectivity index (χ0n) is 20.1. The number of benzene rings is 1. The molecule has 2 aliphatic rings. The van der Waals surface area contributed by atoms with Crippen LogP contribution in [0, 0.1) is 0 Å². The molecular weight excluding hydrogens is 508 g/mol. The Hall–Kier alpha value is -2.74. The van der Waals surface area contributed by atoms with Crippen LogP contribution in [0.15, 0.2) is 29.3 Å². The molecule has 2 fully saturated rings. The zero-order valence-corrected chi connectivity index (χ0v) is 21.7. The molecule has 1 aliphatic heterocycles. The van der Waals surface area contributed by atoms with Gasteiger partial charge in [-0.15, -0.1) is 11.3 Å². The fourth-order valence-corrected chi connectivity index (χ4v) is 6.09. The largest absolute Gasteiger partial charge is 0.447 e. The van der Waals surface area contributed by atoms with Crippen LogP contribution in [0.4, 0.5) is 15.3 Å². The number of carbonyl (C=O) groups excluding carboxylic acids is 2. The van der Waals surface area contributed by atoms with Gasteiger partial charge in [-0.25, -0.2) is 28.1 Å². The highest BCUT2D eigenvalue weighted by molar-refractivity contribution is 7.89. The summed E-state index contributed by atoms with van der Waals surface area (Å²) in [6.07, 6.45) is 3.35. The lowest BCUT2D eigenvalue weighted by atomic mass is 9.86. The molecule has 36 heavy (non-hydrogen) atoms. The lowest BCUT2D eigenvalue weighted by molar-refractivity contribution is -0.0985. The molecule has 11 nitrogen and oxygen atoms in total. The van der Waals surface area contributed by atoms with Crippen molar-refractivity contribution in [2.24, 2.45) is 5.14 Å². The Morgan fingerprint density at radius 2 is 1.89 bits per heavy atom. The molecule has 196 valence electrons. The first kappa shape index (κ1) is 26.3. The highest BCUT2D eigenvalue weighted by Crippen LogP contribution is 2.39. The normalized spacial score (nSPS) is 20.4. The quantitative estimate of drug-likeness (QED) is 0.482. The molecule has 2 amide bonds. The number of sulfonamides is 1. The highest BCUT2D eigenvalue weighted by atomic mass is 32.2. The number of amides is 2. The second-order valence-electron chi connectivity index (χ2n) is 9.16. The van der Waals surface area contributed by atoms with Crippen LogP contribution in [0.5, 0.6) is 0 Å². The van der Waals surface area contributed by atoms with Crippen LogP contribution in [0.2, 0.25) is 0 Å². The van der Waals surface area contributed by atoms with Gasteiger partial charge < -0.3 is 19.5 Å². The van der Waals surface area contributed by atoms with Crippen molar-refractivity contribution in [1.29, 1.82) is 0 Å². The van der Waals surface area contributed by atoms with E-state index in [0.29, 0.717) is 23.7 Å². The zero-order chi connectivity index (χ0) is 25.9. The molecule has 4 N–H and O–H groups in total. The van der Waals surface area contributed by atoms with E-state index in [0.717, 1.165) is 30.7 Å². The lowest BCUT2D eigenvalue weighted by Gasteiger charge is -2.30. The summed E-state index contributed by atoms with van der Waals surface area (Å²) in [7, 11) is -4.08. The van der Waals surface area contributed by atoms with Gasteiger partial charge in [0.05, 0.1) is 34.1 Å². The van der Waals surface area contributed by atoms with Crippen molar-refractivity contribution in [3.63, 3.8) is 0 Å². The van der Waals surface area contributed by atoms with Crippen molar-refractivity contribution in [3.8, 4) is 10.4 Å². The fourth-order valence-electron chi connectivity index (χ4n) is 4.12. The molecule has 4 rings (SSSR count). The van der Waals surface area contributed by atoms with E-state index in [1.165, 1.54) is 17.4 Å². The van der Waals surface area contributed by atoms with Crippen LogP contribution in [0.25, 0.3) is 10.4 Å². The standard InChI is InChI=1S/C23H30N4O7S2/c1-13(2)33-22(28)27-16-7-8-18(20(9-16)36(24,30)31)19-10-25-21(35-19)14-3-5-15(6-4-14)26-23(29)34-17-11-32-12-17/h7-10,13-15,17H,3-6,11-12H2,1-2H3,(H,26,29)(H,27,28)(H2,24,30,31). The number of hydrogen-bond acceptors (Lipinski definition) is 9. The Bertz CT molecular complexity index is 1200. The van der Waals surface area contributed by atoms with Crippen LogP contribution < -0.4 is 15.8 Å². The molecule has 2 aromatic rings. The lowest BCUT2D eigenvalue weighted by Crippen LogP contribution is -2.44. The van der Waals surface area contributed by atoms with Gasteiger partial charge in [-0.2, -0.15) is 0 Å². The molecule has 0 atom stereocenters.